The van der Waals surface area contributed by atoms with Gasteiger partial charge in [0.15, 0.2) is 6.61 Å². The molecule has 0 aliphatic heterocycles. The first kappa shape index (κ1) is 16.7. The molecule has 0 unspecified atom stereocenters. The normalized spacial score (nSPS) is 11.6. The van der Waals surface area contributed by atoms with Crippen LogP contribution >= 0.6 is 0 Å². The van der Waals surface area contributed by atoms with Gasteiger partial charge in [0.25, 0.3) is 5.91 Å². The molecule has 0 saturated carbocycles. The van der Waals surface area contributed by atoms with Crippen LogP contribution in [0.4, 0.5) is 0 Å². The van der Waals surface area contributed by atoms with Gasteiger partial charge in [0.2, 0.25) is 0 Å². The zero-order valence-electron chi connectivity index (χ0n) is 13.4. The molecule has 0 heterocycles. The molecule has 23 heavy (non-hydrogen) atoms. The van der Waals surface area contributed by atoms with Crippen LogP contribution in [-0.4, -0.2) is 25.0 Å². The Morgan fingerprint density at radius 2 is 1.70 bits per heavy atom. The van der Waals surface area contributed by atoms with Gasteiger partial charge in [-0.25, -0.2) is 4.79 Å². The number of esters is 1. The average molecular weight is 311 g/mol. The second-order valence-corrected chi connectivity index (χ2v) is 5.56. The third kappa shape index (κ3) is 5.25. The van der Waals surface area contributed by atoms with Gasteiger partial charge in [0.1, 0.15) is 0 Å². The number of hydrogen-bond acceptors (Lipinski definition) is 3. The molecule has 0 fully saturated rings. The highest BCUT2D eigenvalue weighted by Gasteiger charge is 2.11. The molecule has 4 heteroatoms. The van der Waals surface area contributed by atoms with Crippen molar-refractivity contribution in [2.24, 2.45) is 0 Å². The molecule has 120 valence electrons. The summed E-state index contributed by atoms with van der Waals surface area (Å²) in [6, 6.07) is 17.0. The van der Waals surface area contributed by atoms with Crippen LogP contribution in [0.3, 0.4) is 0 Å². The zero-order chi connectivity index (χ0) is 16.7. The van der Waals surface area contributed by atoms with Gasteiger partial charge < -0.3 is 10.1 Å². The fraction of sp³-hybridized carbons (Fsp3) is 0.263. The van der Waals surface area contributed by atoms with Crippen LogP contribution < -0.4 is 5.32 Å². The van der Waals surface area contributed by atoms with Gasteiger partial charge in [0.05, 0.1) is 5.56 Å². The van der Waals surface area contributed by atoms with E-state index >= 15 is 0 Å². The molecule has 2 aromatic carbocycles. The van der Waals surface area contributed by atoms with Crippen molar-refractivity contribution in [1.82, 2.24) is 5.32 Å². The number of carbonyl (C=O) groups excluding carboxylic acids is 2. The second kappa shape index (κ2) is 8.13. The Kier molecular flexibility index (Phi) is 5.92. The Morgan fingerprint density at radius 3 is 2.35 bits per heavy atom. The highest BCUT2D eigenvalue weighted by atomic mass is 16.5. The molecule has 2 aromatic rings. The molecule has 1 N–H and O–H groups in total. The molecule has 0 aliphatic carbocycles. The number of benzene rings is 2. The lowest BCUT2D eigenvalue weighted by Gasteiger charge is -2.13. The third-order valence-electron chi connectivity index (χ3n) is 3.60. The molecule has 0 saturated heterocycles. The maximum absolute atomic E-state index is 11.8. The van der Waals surface area contributed by atoms with Crippen molar-refractivity contribution >= 4 is 11.9 Å². The van der Waals surface area contributed by atoms with Crippen LogP contribution in [0.1, 0.15) is 34.3 Å². The molecule has 4 nitrogen and oxygen atoms in total. The lowest BCUT2D eigenvalue weighted by Crippen LogP contribution is -2.31. The quantitative estimate of drug-likeness (QED) is 0.834. The van der Waals surface area contributed by atoms with Crippen molar-refractivity contribution in [3.05, 3.63) is 71.3 Å². The second-order valence-electron chi connectivity index (χ2n) is 5.56. The van der Waals surface area contributed by atoms with E-state index in [1.54, 1.807) is 12.1 Å². The standard InChI is InChI=1S/C19H21NO3/c1-14-8-10-17(11-9-14)19(22)23-13-18(21)20-12-15(2)16-6-4-3-5-7-16/h3-11,15H,12-13H2,1-2H3,(H,20,21)/t15-/m1/s1. The molecule has 1 amide bonds. The fourth-order valence-electron chi connectivity index (χ4n) is 2.12. The Hall–Kier alpha value is -2.62. The smallest absolute Gasteiger partial charge is 0.338 e. The molecule has 0 bridgehead atoms. The van der Waals surface area contributed by atoms with E-state index in [2.05, 4.69) is 5.32 Å². The van der Waals surface area contributed by atoms with Gasteiger partial charge in [-0.1, -0.05) is 55.0 Å². The van der Waals surface area contributed by atoms with Crippen molar-refractivity contribution in [2.45, 2.75) is 19.8 Å². The first-order valence-corrected chi connectivity index (χ1v) is 7.61. The summed E-state index contributed by atoms with van der Waals surface area (Å²) in [5, 5.41) is 2.78. The topological polar surface area (TPSA) is 55.4 Å². The lowest BCUT2D eigenvalue weighted by molar-refractivity contribution is -0.124. The molecular weight excluding hydrogens is 290 g/mol. The van der Waals surface area contributed by atoms with Crippen molar-refractivity contribution in [2.75, 3.05) is 13.2 Å². The average Bonchev–Trinajstić information content (AvgIpc) is 2.59. The number of ether oxygens (including phenoxy) is 1. The maximum Gasteiger partial charge on any atom is 0.338 e. The molecule has 2 rings (SSSR count). The van der Waals surface area contributed by atoms with E-state index < -0.39 is 5.97 Å². The highest BCUT2D eigenvalue weighted by molar-refractivity contribution is 5.91. The number of carbonyl (C=O) groups is 2. The van der Waals surface area contributed by atoms with E-state index in [9.17, 15) is 9.59 Å². The molecular formula is C19H21NO3. The van der Waals surface area contributed by atoms with Crippen LogP contribution in [0, 0.1) is 6.92 Å². The summed E-state index contributed by atoms with van der Waals surface area (Å²) in [4.78, 5) is 23.6. The summed E-state index contributed by atoms with van der Waals surface area (Å²) in [5.74, 6) is -0.586. The van der Waals surface area contributed by atoms with Gasteiger partial charge in [0, 0.05) is 6.54 Å². The van der Waals surface area contributed by atoms with Gasteiger partial charge in [-0.15, -0.1) is 0 Å². The molecule has 0 aromatic heterocycles. The minimum Gasteiger partial charge on any atom is -0.452 e. The summed E-state index contributed by atoms with van der Waals surface area (Å²) in [5.41, 5.74) is 2.67. The minimum absolute atomic E-state index is 0.202. The number of nitrogens with one attached hydrogen (secondary N) is 1. The van der Waals surface area contributed by atoms with Crippen LogP contribution in [0.5, 0.6) is 0 Å². The summed E-state index contributed by atoms with van der Waals surface area (Å²) < 4.78 is 5.02. The Bertz CT molecular complexity index is 650. The lowest BCUT2D eigenvalue weighted by atomic mass is 10.0. The van der Waals surface area contributed by atoms with E-state index in [-0.39, 0.29) is 18.4 Å². The fourth-order valence-corrected chi connectivity index (χ4v) is 2.12. The van der Waals surface area contributed by atoms with Gasteiger partial charge in [-0.2, -0.15) is 0 Å². The number of rotatable bonds is 6. The number of hydrogen-bond donors (Lipinski definition) is 1. The molecule has 0 aliphatic rings. The van der Waals surface area contributed by atoms with Gasteiger partial charge in [-0.05, 0) is 30.5 Å². The predicted molar refractivity (Wildman–Crippen MR) is 89.3 cm³/mol. The van der Waals surface area contributed by atoms with Gasteiger partial charge >= 0.3 is 5.97 Å². The Balaban J connectivity index is 1.75. The first-order chi connectivity index (χ1) is 11.1. The van der Waals surface area contributed by atoms with Crippen molar-refractivity contribution in [3.8, 4) is 0 Å². The van der Waals surface area contributed by atoms with E-state index in [4.69, 9.17) is 4.74 Å². The SMILES string of the molecule is Cc1ccc(C(=O)OCC(=O)NC[C@@H](C)c2ccccc2)cc1. The van der Waals surface area contributed by atoms with E-state index in [1.165, 1.54) is 0 Å². The van der Waals surface area contributed by atoms with Crippen LogP contribution in [0.15, 0.2) is 54.6 Å². The van der Waals surface area contributed by atoms with Crippen LogP contribution in [-0.2, 0) is 9.53 Å². The Labute approximate surface area is 136 Å². The van der Waals surface area contributed by atoms with E-state index in [0.29, 0.717) is 12.1 Å². The van der Waals surface area contributed by atoms with Crippen molar-refractivity contribution in [3.63, 3.8) is 0 Å². The van der Waals surface area contributed by atoms with Gasteiger partial charge in [-0.3, -0.25) is 4.79 Å². The summed E-state index contributed by atoms with van der Waals surface area (Å²) in [7, 11) is 0. The van der Waals surface area contributed by atoms with E-state index in [1.807, 2.05) is 56.3 Å². The third-order valence-corrected chi connectivity index (χ3v) is 3.60. The zero-order valence-corrected chi connectivity index (χ0v) is 13.4. The molecule has 1 atom stereocenters. The van der Waals surface area contributed by atoms with Crippen LogP contribution in [0.25, 0.3) is 0 Å². The maximum atomic E-state index is 11.8. The first-order valence-electron chi connectivity index (χ1n) is 7.61. The minimum atomic E-state index is -0.490. The molecule has 0 spiro atoms. The largest absolute Gasteiger partial charge is 0.452 e. The number of aryl methyl sites for hydroxylation is 1. The monoisotopic (exact) mass is 311 g/mol. The van der Waals surface area contributed by atoms with Crippen LogP contribution in [0.2, 0.25) is 0 Å². The Morgan fingerprint density at radius 1 is 1.04 bits per heavy atom. The van der Waals surface area contributed by atoms with Crippen molar-refractivity contribution in [1.29, 1.82) is 0 Å². The summed E-state index contributed by atoms with van der Waals surface area (Å²) in [6.07, 6.45) is 0. The summed E-state index contributed by atoms with van der Waals surface area (Å²) in [6.45, 7) is 4.21. The summed E-state index contributed by atoms with van der Waals surface area (Å²) >= 11 is 0. The predicted octanol–water partition coefficient (Wildman–Crippen LogP) is 3.07. The highest BCUT2D eigenvalue weighted by Crippen LogP contribution is 2.12. The number of amides is 1. The van der Waals surface area contributed by atoms with E-state index in [0.717, 1.165) is 11.1 Å². The van der Waals surface area contributed by atoms with Crippen molar-refractivity contribution < 1.29 is 14.3 Å². The molecule has 0 radical (unpaired) electrons.